The summed E-state index contributed by atoms with van der Waals surface area (Å²) in [4.78, 5) is 39.8. The molecule has 1 atom stereocenters. The van der Waals surface area contributed by atoms with Crippen molar-refractivity contribution in [1.29, 1.82) is 0 Å². The molecule has 2 aliphatic rings. The number of halogens is 1. The van der Waals surface area contributed by atoms with E-state index < -0.39 is 11.6 Å². The van der Waals surface area contributed by atoms with Crippen molar-refractivity contribution >= 4 is 29.6 Å². The Morgan fingerprint density at radius 3 is 2.88 bits per heavy atom. The number of amides is 4. The van der Waals surface area contributed by atoms with E-state index in [2.05, 4.69) is 5.32 Å². The van der Waals surface area contributed by atoms with Gasteiger partial charge in [0.2, 0.25) is 5.91 Å². The van der Waals surface area contributed by atoms with Crippen molar-refractivity contribution in [3.63, 3.8) is 0 Å². The third-order valence-corrected chi connectivity index (χ3v) is 5.75. The zero-order chi connectivity index (χ0) is 18.0. The molecule has 0 bridgehead atoms. The molecule has 8 heteroatoms. The molecule has 0 aromatic heterocycles. The number of urea groups is 1. The second-order valence-electron chi connectivity index (χ2n) is 6.24. The van der Waals surface area contributed by atoms with E-state index >= 15 is 0 Å². The molecule has 1 aromatic carbocycles. The number of imide groups is 1. The van der Waals surface area contributed by atoms with Gasteiger partial charge in [-0.25, -0.2) is 9.18 Å². The number of likely N-dealkylation sites (N-methyl/N-ethyl adjacent to an activating group) is 1. The third kappa shape index (κ3) is 3.49. The van der Waals surface area contributed by atoms with E-state index in [1.807, 2.05) is 0 Å². The summed E-state index contributed by atoms with van der Waals surface area (Å²) < 4.78 is 13.3. The molecule has 0 radical (unpaired) electrons. The van der Waals surface area contributed by atoms with Crippen molar-refractivity contribution in [2.75, 3.05) is 24.6 Å². The maximum absolute atomic E-state index is 13.3. The first-order chi connectivity index (χ1) is 11.9. The van der Waals surface area contributed by atoms with Crippen LogP contribution < -0.4 is 5.32 Å². The Kier molecular flexibility index (Phi) is 4.99. The molecule has 2 aliphatic heterocycles. The minimum Gasteiger partial charge on any atom is -0.337 e. The number of carbonyl (C=O) groups excluding carboxylic acids is 3. The molecule has 2 heterocycles. The van der Waals surface area contributed by atoms with E-state index in [9.17, 15) is 18.8 Å². The highest BCUT2D eigenvalue weighted by Gasteiger charge is 2.53. The second kappa shape index (κ2) is 7.03. The van der Waals surface area contributed by atoms with Crippen LogP contribution >= 0.6 is 11.8 Å². The fourth-order valence-electron chi connectivity index (χ4n) is 3.12. The number of hydrogen-bond acceptors (Lipinski definition) is 4. The lowest BCUT2D eigenvalue weighted by Crippen LogP contribution is -2.48. The number of rotatable bonds is 5. The molecule has 134 valence electrons. The number of nitrogens with one attached hydrogen (secondary N) is 1. The molecule has 2 saturated heterocycles. The molecule has 2 fully saturated rings. The van der Waals surface area contributed by atoms with E-state index in [1.54, 1.807) is 30.8 Å². The van der Waals surface area contributed by atoms with Gasteiger partial charge in [-0.2, -0.15) is 11.8 Å². The van der Waals surface area contributed by atoms with Crippen LogP contribution in [0.3, 0.4) is 0 Å². The van der Waals surface area contributed by atoms with Crippen LogP contribution in [0.2, 0.25) is 0 Å². The molecule has 0 saturated carbocycles. The number of nitrogens with zero attached hydrogens (tertiary/aromatic N) is 2. The van der Waals surface area contributed by atoms with Gasteiger partial charge in [-0.15, -0.1) is 0 Å². The lowest BCUT2D eigenvalue weighted by molar-refractivity contribution is -0.138. The lowest BCUT2D eigenvalue weighted by Gasteiger charge is -2.24. The Hall–Kier alpha value is -2.09. The van der Waals surface area contributed by atoms with Gasteiger partial charge >= 0.3 is 6.03 Å². The Morgan fingerprint density at radius 2 is 2.24 bits per heavy atom. The summed E-state index contributed by atoms with van der Waals surface area (Å²) in [5.74, 6) is 0.337. The number of thioether (sulfide) groups is 1. The predicted octanol–water partition coefficient (Wildman–Crippen LogP) is 1.60. The molecule has 0 aliphatic carbocycles. The SMILES string of the molecule is CCN(Cc1cccc(F)c1)C(=O)CN1C(=O)NC2(CCSC2)C1=O. The molecular formula is C17H20FN3O3S. The summed E-state index contributed by atoms with van der Waals surface area (Å²) in [7, 11) is 0. The molecule has 1 unspecified atom stereocenters. The minimum absolute atomic E-state index is 0.234. The Balaban J connectivity index is 1.67. The molecule has 1 spiro atoms. The summed E-state index contributed by atoms with van der Waals surface area (Å²) in [6, 6.07) is 5.52. The lowest BCUT2D eigenvalue weighted by atomic mass is 9.99. The highest BCUT2D eigenvalue weighted by molar-refractivity contribution is 7.99. The van der Waals surface area contributed by atoms with Crippen LogP contribution in [-0.2, 0) is 16.1 Å². The van der Waals surface area contributed by atoms with Gasteiger partial charge in [-0.1, -0.05) is 12.1 Å². The Morgan fingerprint density at radius 1 is 1.44 bits per heavy atom. The number of hydrogen-bond donors (Lipinski definition) is 1. The van der Waals surface area contributed by atoms with Crippen LogP contribution in [0.1, 0.15) is 18.9 Å². The predicted molar refractivity (Wildman–Crippen MR) is 92.4 cm³/mol. The second-order valence-corrected chi connectivity index (χ2v) is 7.35. The zero-order valence-corrected chi connectivity index (χ0v) is 14.8. The van der Waals surface area contributed by atoms with Gasteiger partial charge in [-0.05, 0) is 36.8 Å². The van der Waals surface area contributed by atoms with Gasteiger partial charge in [0, 0.05) is 18.8 Å². The van der Waals surface area contributed by atoms with Crippen molar-refractivity contribution in [2.45, 2.75) is 25.4 Å². The van der Waals surface area contributed by atoms with Gasteiger partial charge in [0.25, 0.3) is 5.91 Å². The van der Waals surface area contributed by atoms with Gasteiger partial charge < -0.3 is 10.2 Å². The quantitative estimate of drug-likeness (QED) is 0.805. The summed E-state index contributed by atoms with van der Waals surface area (Å²) in [5.41, 5.74) is -0.183. The monoisotopic (exact) mass is 365 g/mol. The normalized spacial score (nSPS) is 22.6. The summed E-state index contributed by atoms with van der Waals surface area (Å²) >= 11 is 1.62. The molecule has 25 heavy (non-hydrogen) atoms. The summed E-state index contributed by atoms with van der Waals surface area (Å²) in [6.45, 7) is 2.15. The molecule has 1 aromatic rings. The van der Waals surface area contributed by atoms with Gasteiger partial charge in [0.1, 0.15) is 17.9 Å². The average Bonchev–Trinajstić information content (AvgIpc) is 3.14. The third-order valence-electron chi connectivity index (χ3n) is 4.56. The first kappa shape index (κ1) is 17.7. The van der Waals surface area contributed by atoms with E-state index in [4.69, 9.17) is 0 Å². The zero-order valence-electron chi connectivity index (χ0n) is 14.0. The van der Waals surface area contributed by atoms with Crippen molar-refractivity contribution < 1.29 is 18.8 Å². The topological polar surface area (TPSA) is 69.7 Å². The van der Waals surface area contributed by atoms with Crippen molar-refractivity contribution in [1.82, 2.24) is 15.1 Å². The van der Waals surface area contributed by atoms with Gasteiger partial charge in [0.15, 0.2) is 0 Å². The van der Waals surface area contributed by atoms with Gasteiger partial charge in [-0.3, -0.25) is 14.5 Å². The van der Waals surface area contributed by atoms with Crippen molar-refractivity contribution in [3.8, 4) is 0 Å². The minimum atomic E-state index is -0.846. The van der Waals surface area contributed by atoms with Crippen LogP contribution in [0, 0.1) is 5.82 Å². The largest absolute Gasteiger partial charge is 0.337 e. The molecular weight excluding hydrogens is 345 g/mol. The standard InChI is InChI=1S/C17H20FN3O3S/c1-2-20(9-12-4-3-5-13(18)8-12)14(22)10-21-15(23)17(19-16(21)24)6-7-25-11-17/h3-5,8H,2,6-7,9-11H2,1H3,(H,19,24). The van der Waals surface area contributed by atoms with Crippen LogP contribution in [0.4, 0.5) is 9.18 Å². The van der Waals surface area contributed by atoms with E-state index in [-0.39, 0.29) is 30.7 Å². The fraction of sp³-hybridized carbons (Fsp3) is 0.471. The van der Waals surface area contributed by atoms with Crippen molar-refractivity contribution in [2.24, 2.45) is 0 Å². The number of benzene rings is 1. The van der Waals surface area contributed by atoms with E-state index in [0.717, 1.165) is 10.7 Å². The molecule has 3 rings (SSSR count). The Bertz CT molecular complexity index is 706. The maximum Gasteiger partial charge on any atom is 0.325 e. The van der Waals surface area contributed by atoms with Crippen molar-refractivity contribution in [3.05, 3.63) is 35.6 Å². The highest BCUT2D eigenvalue weighted by Crippen LogP contribution is 2.33. The van der Waals surface area contributed by atoms with Crippen LogP contribution in [-0.4, -0.2) is 57.8 Å². The number of carbonyl (C=O) groups is 3. The van der Waals surface area contributed by atoms with Crippen LogP contribution in [0.15, 0.2) is 24.3 Å². The molecule has 6 nitrogen and oxygen atoms in total. The fourth-order valence-corrected chi connectivity index (χ4v) is 4.44. The van der Waals surface area contributed by atoms with Crippen LogP contribution in [0.5, 0.6) is 0 Å². The first-order valence-electron chi connectivity index (χ1n) is 8.19. The summed E-state index contributed by atoms with van der Waals surface area (Å²) in [5, 5.41) is 2.74. The molecule has 1 N–H and O–H groups in total. The Labute approximate surface area is 149 Å². The smallest absolute Gasteiger partial charge is 0.325 e. The average molecular weight is 365 g/mol. The first-order valence-corrected chi connectivity index (χ1v) is 9.35. The van der Waals surface area contributed by atoms with Gasteiger partial charge in [0.05, 0.1) is 0 Å². The van der Waals surface area contributed by atoms with E-state index in [1.165, 1.54) is 17.0 Å². The van der Waals surface area contributed by atoms with E-state index in [0.29, 0.717) is 24.3 Å². The summed E-state index contributed by atoms with van der Waals surface area (Å²) in [6.07, 6.45) is 0.591. The maximum atomic E-state index is 13.3. The van der Waals surface area contributed by atoms with Crippen LogP contribution in [0.25, 0.3) is 0 Å². The highest BCUT2D eigenvalue weighted by atomic mass is 32.2. The molecule has 4 amide bonds.